The van der Waals surface area contributed by atoms with Crippen LogP contribution in [0.3, 0.4) is 0 Å². The van der Waals surface area contributed by atoms with Crippen molar-refractivity contribution in [3.63, 3.8) is 0 Å². The molecule has 1 atom stereocenters. The summed E-state index contributed by atoms with van der Waals surface area (Å²) in [6, 6.07) is 11.2. The molecule has 0 aliphatic carbocycles. The van der Waals surface area contributed by atoms with E-state index >= 15 is 0 Å². The first kappa shape index (κ1) is 12.6. The van der Waals surface area contributed by atoms with Gasteiger partial charge in [-0.15, -0.1) is 0 Å². The molecule has 2 rings (SSSR count). The van der Waals surface area contributed by atoms with Crippen molar-refractivity contribution in [2.24, 2.45) is 11.8 Å². The Bertz CT molecular complexity index is 320. The number of piperidine rings is 1. The summed E-state index contributed by atoms with van der Waals surface area (Å²) in [6.45, 7) is 5.27. The van der Waals surface area contributed by atoms with E-state index in [1.54, 1.807) is 0 Å². The summed E-state index contributed by atoms with van der Waals surface area (Å²) < 4.78 is 0. The van der Waals surface area contributed by atoms with Crippen LogP contribution in [0.5, 0.6) is 0 Å². The molecule has 0 radical (unpaired) electrons. The van der Waals surface area contributed by atoms with Crippen LogP contribution in [-0.4, -0.2) is 24.6 Å². The monoisotopic (exact) mass is 234 g/mol. The van der Waals surface area contributed by atoms with Crippen LogP contribution in [0.1, 0.15) is 31.4 Å². The van der Waals surface area contributed by atoms with Gasteiger partial charge in [0.2, 0.25) is 0 Å². The van der Waals surface area contributed by atoms with E-state index in [9.17, 15) is 0 Å². The third kappa shape index (κ3) is 3.28. The van der Waals surface area contributed by atoms with Gasteiger partial charge in [-0.05, 0) is 44.3 Å². The maximum atomic E-state index is 5.13. The second kappa shape index (κ2) is 6.15. The fraction of sp³-hybridized carbons (Fsp3) is 0.571. The Morgan fingerprint density at radius 2 is 1.94 bits per heavy atom. The molecule has 0 amide bonds. The minimum atomic E-state index is 0.510. The van der Waals surface area contributed by atoms with E-state index in [1.165, 1.54) is 18.4 Å². The topological polar surface area (TPSA) is 38.5 Å². The van der Waals surface area contributed by atoms with Gasteiger partial charge in [-0.3, -0.25) is 4.90 Å². The quantitative estimate of drug-likeness (QED) is 0.813. The summed E-state index contributed by atoms with van der Waals surface area (Å²) in [5.41, 5.74) is 1.40. The summed E-state index contributed by atoms with van der Waals surface area (Å²) in [5.74, 6) is 5.77. The van der Waals surface area contributed by atoms with Crippen LogP contribution < -0.4 is 5.90 Å². The zero-order valence-electron chi connectivity index (χ0n) is 10.5. The van der Waals surface area contributed by atoms with E-state index in [1.807, 2.05) is 0 Å². The van der Waals surface area contributed by atoms with E-state index in [2.05, 4.69) is 42.2 Å². The van der Waals surface area contributed by atoms with E-state index in [0.717, 1.165) is 13.1 Å². The lowest BCUT2D eigenvalue weighted by Gasteiger charge is -2.35. The van der Waals surface area contributed by atoms with Gasteiger partial charge in [-0.1, -0.05) is 30.3 Å². The summed E-state index contributed by atoms with van der Waals surface area (Å²) in [5, 5.41) is 0. The van der Waals surface area contributed by atoms with Crippen molar-refractivity contribution in [3.05, 3.63) is 35.9 Å². The van der Waals surface area contributed by atoms with Crippen molar-refractivity contribution >= 4 is 0 Å². The van der Waals surface area contributed by atoms with Crippen molar-refractivity contribution in [2.45, 2.75) is 25.8 Å². The molecule has 3 heteroatoms. The SMILES string of the molecule is CC(c1ccccc1)N1CCC(CON)CC1. The molecular formula is C14H22N2O. The molecule has 94 valence electrons. The Hall–Kier alpha value is -0.900. The van der Waals surface area contributed by atoms with Crippen LogP contribution in [0.25, 0.3) is 0 Å². The largest absolute Gasteiger partial charge is 0.304 e. The Labute approximate surface area is 104 Å². The average Bonchev–Trinajstić information content (AvgIpc) is 2.40. The lowest BCUT2D eigenvalue weighted by Crippen LogP contribution is -2.37. The third-order valence-corrected chi connectivity index (χ3v) is 3.81. The number of likely N-dealkylation sites (tertiary alicyclic amines) is 1. The van der Waals surface area contributed by atoms with Gasteiger partial charge in [0.25, 0.3) is 0 Å². The van der Waals surface area contributed by atoms with Gasteiger partial charge >= 0.3 is 0 Å². The van der Waals surface area contributed by atoms with Gasteiger partial charge < -0.3 is 4.84 Å². The molecule has 1 fully saturated rings. The van der Waals surface area contributed by atoms with Crippen molar-refractivity contribution in [1.82, 2.24) is 4.90 Å². The summed E-state index contributed by atoms with van der Waals surface area (Å²) in [7, 11) is 0. The molecule has 1 heterocycles. The molecule has 1 aliphatic heterocycles. The highest BCUT2D eigenvalue weighted by Crippen LogP contribution is 2.26. The fourth-order valence-electron chi connectivity index (χ4n) is 2.59. The van der Waals surface area contributed by atoms with E-state index in [4.69, 9.17) is 10.7 Å². The van der Waals surface area contributed by atoms with E-state index in [-0.39, 0.29) is 0 Å². The molecule has 0 bridgehead atoms. The molecule has 1 unspecified atom stereocenters. The maximum Gasteiger partial charge on any atom is 0.0708 e. The van der Waals surface area contributed by atoms with Crippen molar-refractivity contribution in [2.75, 3.05) is 19.7 Å². The van der Waals surface area contributed by atoms with Crippen molar-refractivity contribution in [1.29, 1.82) is 0 Å². The molecule has 1 saturated heterocycles. The zero-order chi connectivity index (χ0) is 12.1. The van der Waals surface area contributed by atoms with Gasteiger partial charge in [0.05, 0.1) is 6.61 Å². The van der Waals surface area contributed by atoms with Crippen LogP contribution >= 0.6 is 0 Å². The Morgan fingerprint density at radius 1 is 1.29 bits per heavy atom. The highest BCUT2D eigenvalue weighted by atomic mass is 16.6. The standard InChI is InChI=1S/C14H22N2O/c1-12(14-5-3-2-4-6-14)16-9-7-13(8-10-16)11-17-15/h2-6,12-13H,7-11,15H2,1H3. The minimum Gasteiger partial charge on any atom is -0.304 e. The number of benzene rings is 1. The van der Waals surface area contributed by atoms with Crippen LogP contribution in [-0.2, 0) is 4.84 Å². The van der Waals surface area contributed by atoms with E-state index < -0.39 is 0 Å². The molecule has 0 saturated carbocycles. The summed E-state index contributed by atoms with van der Waals surface area (Å²) in [6.07, 6.45) is 2.38. The van der Waals surface area contributed by atoms with Gasteiger partial charge in [0, 0.05) is 6.04 Å². The second-order valence-corrected chi connectivity index (χ2v) is 4.90. The number of nitrogens with zero attached hydrogens (tertiary/aromatic N) is 1. The van der Waals surface area contributed by atoms with Crippen LogP contribution in [0.15, 0.2) is 30.3 Å². The number of nitrogens with two attached hydrogens (primary N) is 1. The fourth-order valence-corrected chi connectivity index (χ4v) is 2.59. The summed E-state index contributed by atoms with van der Waals surface area (Å²) >= 11 is 0. The first-order valence-corrected chi connectivity index (χ1v) is 6.42. The molecular weight excluding hydrogens is 212 g/mol. The first-order valence-electron chi connectivity index (χ1n) is 6.42. The number of rotatable bonds is 4. The van der Waals surface area contributed by atoms with Gasteiger partial charge in [-0.2, -0.15) is 0 Å². The van der Waals surface area contributed by atoms with Gasteiger partial charge in [0.1, 0.15) is 0 Å². The van der Waals surface area contributed by atoms with Crippen LogP contribution in [0.2, 0.25) is 0 Å². The lowest BCUT2D eigenvalue weighted by atomic mass is 9.95. The molecule has 1 aromatic carbocycles. The predicted molar refractivity (Wildman–Crippen MR) is 69.3 cm³/mol. The molecule has 3 nitrogen and oxygen atoms in total. The normalized spacial score (nSPS) is 20.4. The average molecular weight is 234 g/mol. The Morgan fingerprint density at radius 3 is 2.53 bits per heavy atom. The Balaban J connectivity index is 1.88. The molecule has 17 heavy (non-hydrogen) atoms. The van der Waals surface area contributed by atoms with Crippen LogP contribution in [0.4, 0.5) is 0 Å². The van der Waals surface area contributed by atoms with Crippen LogP contribution in [0, 0.1) is 5.92 Å². The molecule has 0 aromatic heterocycles. The first-order chi connectivity index (χ1) is 8.31. The van der Waals surface area contributed by atoms with Gasteiger partial charge in [0.15, 0.2) is 0 Å². The zero-order valence-corrected chi connectivity index (χ0v) is 10.5. The molecule has 1 aromatic rings. The number of hydrogen-bond donors (Lipinski definition) is 1. The highest BCUT2D eigenvalue weighted by molar-refractivity contribution is 5.18. The predicted octanol–water partition coefficient (Wildman–Crippen LogP) is 2.35. The molecule has 2 N–H and O–H groups in total. The minimum absolute atomic E-state index is 0.510. The summed E-state index contributed by atoms with van der Waals surface area (Å²) in [4.78, 5) is 7.29. The highest BCUT2D eigenvalue weighted by Gasteiger charge is 2.23. The van der Waals surface area contributed by atoms with Gasteiger partial charge in [-0.25, -0.2) is 5.90 Å². The Kier molecular flexibility index (Phi) is 4.54. The van der Waals surface area contributed by atoms with E-state index in [0.29, 0.717) is 18.6 Å². The lowest BCUT2D eigenvalue weighted by molar-refractivity contribution is 0.0576. The molecule has 1 aliphatic rings. The molecule has 0 spiro atoms. The number of hydrogen-bond acceptors (Lipinski definition) is 3. The maximum absolute atomic E-state index is 5.13. The third-order valence-electron chi connectivity index (χ3n) is 3.81. The smallest absolute Gasteiger partial charge is 0.0708 e. The van der Waals surface area contributed by atoms with Crippen molar-refractivity contribution < 1.29 is 4.84 Å². The second-order valence-electron chi connectivity index (χ2n) is 4.90. The van der Waals surface area contributed by atoms with Crippen molar-refractivity contribution in [3.8, 4) is 0 Å².